The standard InChI is InChI=1S/C27H20N.Ir/c1-2-5-18(6-3-1)21-13-14-28-25(17-21)24-15-22-11-9-19-7-4-8-20-10-12-23(16-24)27(22)26(19)20;/h1-8,13-15,17H,9-12H2;/q-1;. The number of aryl methyl sites for hydroxylation is 4. The van der Waals surface area contributed by atoms with Gasteiger partial charge in [-0.1, -0.05) is 65.7 Å². The van der Waals surface area contributed by atoms with E-state index in [-0.39, 0.29) is 20.1 Å². The maximum absolute atomic E-state index is 4.69. The summed E-state index contributed by atoms with van der Waals surface area (Å²) in [6, 6.07) is 27.7. The van der Waals surface area contributed by atoms with E-state index >= 15 is 0 Å². The molecule has 3 aromatic carbocycles. The number of hydrogen-bond donors (Lipinski definition) is 0. The van der Waals surface area contributed by atoms with Crippen molar-refractivity contribution in [2.24, 2.45) is 0 Å². The van der Waals surface area contributed by atoms with Crippen molar-refractivity contribution in [3.05, 3.63) is 101 Å². The van der Waals surface area contributed by atoms with Crippen LogP contribution in [0.4, 0.5) is 0 Å². The molecule has 2 heteroatoms. The van der Waals surface area contributed by atoms with Crippen LogP contribution in [0.15, 0.2) is 72.9 Å². The molecule has 1 nitrogen and oxygen atoms in total. The first-order valence-electron chi connectivity index (χ1n) is 10.1. The summed E-state index contributed by atoms with van der Waals surface area (Å²) in [5.74, 6) is 0. The van der Waals surface area contributed by atoms with Crippen molar-refractivity contribution < 1.29 is 20.1 Å². The van der Waals surface area contributed by atoms with Gasteiger partial charge in [-0.15, -0.1) is 28.8 Å². The summed E-state index contributed by atoms with van der Waals surface area (Å²) >= 11 is 0. The van der Waals surface area contributed by atoms with Crippen LogP contribution < -0.4 is 0 Å². The van der Waals surface area contributed by atoms with Crippen LogP contribution in [0.25, 0.3) is 33.5 Å². The monoisotopic (exact) mass is 551 g/mol. The molecule has 0 amide bonds. The third-order valence-corrected chi connectivity index (χ3v) is 6.17. The van der Waals surface area contributed by atoms with Crippen LogP contribution in [0.3, 0.4) is 0 Å². The molecule has 0 saturated carbocycles. The van der Waals surface area contributed by atoms with E-state index in [1.165, 1.54) is 44.5 Å². The molecule has 29 heavy (non-hydrogen) atoms. The topological polar surface area (TPSA) is 12.9 Å². The molecule has 0 N–H and O–H groups in total. The Hall–Kier alpha value is -2.54. The number of hydrogen-bond acceptors (Lipinski definition) is 1. The van der Waals surface area contributed by atoms with Crippen LogP contribution in [-0.4, -0.2) is 4.98 Å². The van der Waals surface area contributed by atoms with Crippen molar-refractivity contribution in [2.75, 3.05) is 0 Å². The Bertz CT molecular complexity index is 1160. The zero-order valence-corrected chi connectivity index (χ0v) is 18.4. The second-order valence-electron chi connectivity index (χ2n) is 7.81. The van der Waals surface area contributed by atoms with Gasteiger partial charge in [0.25, 0.3) is 0 Å². The second-order valence-corrected chi connectivity index (χ2v) is 7.81. The molecule has 0 aliphatic heterocycles. The summed E-state index contributed by atoms with van der Waals surface area (Å²) in [7, 11) is 0. The molecule has 6 rings (SSSR count). The summed E-state index contributed by atoms with van der Waals surface area (Å²) in [5.41, 5.74) is 13.4. The van der Waals surface area contributed by atoms with Crippen LogP contribution in [0.2, 0.25) is 0 Å². The fraction of sp³-hybridized carbons (Fsp3) is 0.148. The molecule has 1 radical (unpaired) electrons. The molecule has 1 heterocycles. The van der Waals surface area contributed by atoms with Crippen LogP contribution >= 0.6 is 0 Å². The Morgan fingerprint density at radius 2 is 1.41 bits per heavy atom. The van der Waals surface area contributed by atoms with Gasteiger partial charge in [-0.25, -0.2) is 0 Å². The van der Waals surface area contributed by atoms with Crippen molar-refractivity contribution in [1.29, 1.82) is 0 Å². The zero-order valence-electron chi connectivity index (χ0n) is 16.0. The molecule has 0 spiro atoms. The van der Waals surface area contributed by atoms with Gasteiger partial charge in [0.1, 0.15) is 0 Å². The average Bonchev–Trinajstić information content (AvgIpc) is 2.78. The minimum Gasteiger partial charge on any atom is -0.305 e. The SMILES string of the molecule is [Ir].[c-]1c(-c2cc(-c3ccccc3)ccn2)cc2c3c1CCc1cccc(c1-3)CC2. The largest absolute Gasteiger partial charge is 0.305 e. The average molecular weight is 551 g/mol. The van der Waals surface area contributed by atoms with Gasteiger partial charge in [0, 0.05) is 26.3 Å². The van der Waals surface area contributed by atoms with Crippen molar-refractivity contribution in [3.63, 3.8) is 0 Å². The van der Waals surface area contributed by atoms with E-state index in [0.29, 0.717) is 0 Å². The zero-order chi connectivity index (χ0) is 18.5. The van der Waals surface area contributed by atoms with Gasteiger partial charge in [-0.2, -0.15) is 0 Å². The van der Waals surface area contributed by atoms with E-state index in [0.717, 1.165) is 36.9 Å². The summed E-state index contributed by atoms with van der Waals surface area (Å²) in [4.78, 5) is 4.69. The molecule has 0 fully saturated rings. The Morgan fingerprint density at radius 1 is 0.655 bits per heavy atom. The normalized spacial score (nSPS) is 13.4. The van der Waals surface area contributed by atoms with Crippen molar-refractivity contribution in [2.45, 2.75) is 25.7 Å². The van der Waals surface area contributed by atoms with Gasteiger partial charge in [0.15, 0.2) is 0 Å². The van der Waals surface area contributed by atoms with Gasteiger partial charge in [0.2, 0.25) is 0 Å². The fourth-order valence-corrected chi connectivity index (χ4v) is 4.84. The Labute approximate surface area is 185 Å². The maximum Gasteiger partial charge on any atom is 0.0166 e. The van der Waals surface area contributed by atoms with Gasteiger partial charge in [0.05, 0.1) is 0 Å². The first-order chi connectivity index (χ1) is 13.9. The molecule has 4 aromatic rings. The van der Waals surface area contributed by atoms with Gasteiger partial charge in [-0.05, 0) is 59.7 Å². The molecule has 0 unspecified atom stereocenters. The third-order valence-electron chi connectivity index (χ3n) is 6.17. The van der Waals surface area contributed by atoms with Crippen LogP contribution in [-0.2, 0) is 45.8 Å². The molecule has 0 atom stereocenters. The first-order valence-corrected chi connectivity index (χ1v) is 10.1. The van der Waals surface area contributed by atoms with E-state index in [2.05, 4.69) is 77.8 Å². The minimum atomic E-state index is 0. The quantitative estimate of drug-likeness (QED) is 0.276. The molecule has 0 bridgehead atoms. The van der Waals surface area contributed by atoms with Crippen molar-refractivity contribution in [1.82, 2.24) is 4.98 Å². The molecule has 2 aliphatic carbocycles. The fourth-order valence-electron chi connectivity index (χ4n) is 4.84. The Morgan fingerprint density at radius 3 is 2.24 bits per heavy atom. The van der Waals surface area contributed by atoms with Crippen molar-refractivity contribution >= 4 is 0 Å². The number of benzene rings is 3. The Balaban J connectivity index is 0.00000181. The van der Waals surface area contributed by atoms with Gasteiger partial charge >= 0.3 is 0 Å². The Kier molecular flexibility index (Phi) is 4.70. The second kappa shape index (κ2) is 7.37. The van der Waals surface area contributed by atoms with Gasteiger partial charge < -0.3 is 4.98 Å². The van der Waals surface area contributed by atoms with E-state index in [9.17, 15) is 0 Å². The predicted molar refractivity (Wildman–Crippen MR) is 114 cm³/mol. The van der Waals surface area contributed by atoms with E-state index in [1.807, 2.05) is 6.20 Å². The number of nitrogens with zero attached hydrogens (tertiary/aromatic N) is 1. The number of rotatable bonds is 2. The van der Waals surface area contributed by atoms with Crippen molar-refractivity contribution in [3.8, 4) is 33.5 Å². The number of pyridine rings is 1. The number of aromatic nitrogens is 1. The molecule has 143 valence electrons. The summed E-state index contributed by atoms with van der Waals surface area (Å²) in [5, 5.41) is 0. The van der Waals surface area contributed by atoms with Crippen LogP contribution in [0.1, 0.15) is 22.3 Å². The van der Waals surface area contributed by atoms with Gasteiger partial charge in [-0.3, -0.25) is 0 Å². The first kappa shape index (κ1) is 18.5. The molecule has 1 aromatic heterocycles. The summed E-state index contributed by atoms with van der Waals surface area (Å²) in [6.07, 6.45) is 6.36. The van der Waals surface area contributed by atoms with E-state index in [4.69, 9.17) is 0 Å². The van der Waals surface area contributed by atoms with Crippen LogP contribution in [0.5, 0.6) is 0 Å². The summed E-state index contributed by atoms with van der Waals surface area (Å²) in [6.45, 7) is 0. The molecule has 2 aliphatic rings. The molecular weight excluding hydrogens is 531 g/mol. The summed E-state index contributed by atoms with van der Waals surface area (Å²) < 4.78 is 0. The molecule has 0 saturated heterocycles. The minimum absolute atomic E-state index is 0. The maximum atomic E-state index is 4.69. The van der Waals surface area contributed by atoms with E-state index in [1.54, 1.807) is 0 Å². The smallest absolute Gasteiger partial charge is 0.0166 e. The third kappa shape index (κ3) is 3.08. The molecular formula is C27H20IrN-. The van der Waals surface area contributed by atoms with E-state index < -0.39 is 0 Å². The van der Waals surface area contributed by atoms with Crippen LogP contribution in [0, 0.1) is 6.07 Å². The predicted octanol–water partition coefficient (Wildman–Crippen LogP) is 6.08.